The first-order valence-corrected chi connectivity index (χ1v) is 6.52. The molecular weight excluding hydrogens is 224 g/mol. The lowest BCUT2D eigenvalue weighted by Crippen LogP contribution is -2.28. The Morgan fingerprint density at radius 3 is 2.50 bits per heavy atom. The summed E-state index contributed by atoms with van der Waals surface area (Å²) < 4.78 is 24.9. The maximum absolute atomic E-state index is 11.8. The lowest BCUT2D eigenvalue weighted by atomic mass is 10.2. The van der Waals surface area contributed by atoms with Crippen molar-refractivity contribution in [3.8, 4) is 6.07 Å². The normalized spacial score (nSPS) is 11.3. The maximum Gasteiger partial charge on any atom is 0.218 e. The third-order valence-electron chi connectivity index (χ3n) is 2.21. The summed E-state index contributed by atoms with van der Waals surface area (Å²) >= 11 is 0. The topological polar surface area (TPSA) is 61.2 Å². The monoisotopic (exact) mass is 238 g/mol. The second-order valence-electron chi connectivity index (χ2n) is 3.47. The molecule has 16 heavy (non-hydrogen) atoms. The van der Waals surface area contributed by atoms with E-state index < -0.39 is 10.0 Å². The van der Waals surface area contributed by atoms with Crippen LogP contribution < -0.4 is 0 Å². The minimum Gasteiger partial charge on any atom is -0.212 e. The molecule has 0 aromatic heterocycles. The van der Waals surface area contributed by atoms with Crippen LogP contribution in [-0.4, -0.2) is 26.3 Å². The van der Waals surface area contributed by atoms with Gasteiger partial charge in [-0.25, -0.2) is 12.7 Å². The Bertz CT molecular complexity index is 463. The van der Waals surface area contributed by atoms with Crippen LogP contribution in [0.25, 0.3) is 0 Å². The molecule has 0 amide bonds. The Hall–Kier alpha value is -1.38. The van der Waals surface area contributed by atoms with Crippen molar-refractivity contribution in [3.05, 3.63) is 35.9 Å². The van der Waals surface area contributed by atoms with Crippen molar-refractivity contribution in [2.45, 2.75) is 12.2 Å². The standard InChI is InChI=1S/C11H14N2O2S/c1-13(9-5-8-12)16(14,15)10-11-6-3-2-4-7-11/h2-4,6-7H,5,9-10H2,1H3. The quantitative estimate of drug-likeness (QED) is 0.778. The van der Waals surface area contributed by atoms with Gasteiger partial charge in [0, 0.05) is 20.0 Å². The Kier molecular flexibility index (Phi) is 4.47. The van der Waals surface area contributed by atoms with E-state index in [9.17, 15) is 8.42 Å². The summed E-state index contributed by atoms with van der Waals surface area (Å²) in [5.41, 5.74) is 0.756. The van der Waals surface area contributed by atoms with E-state index in [1.165, 1.54) is 11.4 Å². The SMILES string of the molecule is CN(CCC#N)S(=O)(=O)Cc1ccccc1. The number of rotatable bonds is 5. The van der Waals surface area contributed by atoms with Gasteiger partial charge >= 0.3 is 0 Å². The molecule has 86 valence electrons. The first kappa shape index (κ1) is 12.7. The van der Waals surface area contributed by atoms with E-state index in [0.29, 0.717) is 0 Å². The van der Waals surface area contributed by atoms with Crippen molar-refractivity contribution in [3.63, 3.8) is 0 Å². The number of hydrogen-bond acceptors (Lipinski definition) is 3. The fourth-order valence-corrected chi connectivity index (χ4v) is 2.45. The summed E-state index contributed by atoms with van der Waals surface area (Å²) in [5.74, 6) is -0.0181. The highest BCUT2D eigenvalue weighted by molar-refractivity contribution is 7.88. The van der Waals surface area contributed by atoms with Crippen LogP contribution >= 0.6 is 0 Å². The zero-order valence-corrected chi connectivity index (χ0v) is 9.94. The van der Waals surface area contributed by atoms with E-state index in [1.54, 1.807) is 24.3 Å². The van der Waals surface area contributed by atoms with E-state index >= 15 is 0 Å². The second kappa shape index (κ2) is 5.64. The van der Waals surface area contributed by atoms with Gasteiger partial charge in [0.2, 0.25) is 10.0 Å². The molecule has 0 saturated heterocycles. The summed E-state index contributed by atoms with van der Waals surface area (Å²) in [6, 6.07) is 10.9. The van der Waals surface area contributed by atoms with Crippen LogP contribution in [0.15, 0.2) is 30.3 Å². The summed E-state index contributed by atoms with van der Waals surface area (Å²) in [5, 5.41) is 8.40. The van der Waals surface area contributed by atoms with Crippen molar-refractivity contribution in [2.75, 3.05) is 13.6 Å². The maximum atomic E-state index is 11.8. The molecule has 1 rings (SSSR count). The third-order valence-corrected chi connectivity index (χ3v) is 4.04. The van der Waals surface area contributed by atoms with E-state index in [1.807, 2.05) is 12.1 Å². The van der Waals surface area contributed by atoms with Gasteiger partial charge < -0.3 is 0 Å². The Labute approximate surface area is 96.2 Å². The Balaban J connectivity index is 2.69. The van der Waals surface area contributed by atoms with Gasteiger partial charge in [-0.1, -0.05) is 30.3 Å². The lowest BCUT2D eigenvalue weighted by Gasteiger charge is -2.15. The highest BCUT2D eigenvalue weighted by Crippen LogP contribution is 2.09. The molecule has 1 aromatic carbocycles. The molecule has 0 saturated carbocycles. The first-order chi connectivity index (χ1) is 7.56. The number of sulfonamides is 1. The summed E-state index contributed by atoms with van der Waals surface area (Å²) in [4.78, 5) is 0. The van der Waals surface area contributed by atoms with Crippen LogP contribution in [0.2, 0.25) is 0 Å². The van der Waals surface area contributed by atoms with Gasteiger partial charge in [0.05, 0.1) is 11.8 Å². The van der Waals surface area contributed by atoms with E-state index in [2.05, 4.69) is 0 Å². The molecule has 5 heteroatoms. The second-order valence-corrected chi connectivity index (χ2v) is 5.55. The summed E-state index contributed by atoms with van der Waals surface area (Å²) in [6.45, 7) is 0.242. The van der Waals surface area contributed by atoms with Crippen LogP contribution in [0.4, 0.5) is 0 Å². The van der Waals surface area contributed by atoms with Crippen LogP contribution in [0.3, 0.4) is 0 Å². The van der Waals surface area contributed by atoms with Crippen LogP contribution in [-0.2, 0) is 15.8 Å². The minimum absolute atomic E-state index is 0.0181. The van der Waals surface area contributed by atoms with Gasteiger partial charge in [0.25, 0.3) is 0 Å². The molecule has 0 radical (unpaired) electrons. The first-order valence-electron chi connectivity index (χ1n) is 4.91. The Morgan fingerprint density at radius 1 is 1.31 bits per heavy atom. The largest absolute Gasteiger partial charge is 0.218 e. The highest BCUT2D eigenvalue weighted by Gasteiger charge is 2.17. The molecular formula is C11H14N2O2S. The Morgan fingerprint density at radius 2 is 1.94 bits per heavy atom. The molecule has 1 aromatic rings. The lowest BCUT2D eigenvalue weighted by molar-refractivity contribution is 0.475. The molecule has 0 aliphatic rings. The molecule has 0 atom stereocenters. The fraction of sp³-hybridized carbons (Fsp3) is 0.364. The molecule has 0 heterocycles. The number of benzene rings is 1. The van der Waals surface area contributed by atoms with E-state index in [-0.39, 0.29) is 18.7 Å². The summed E-state index contributed by atoms with van der Waals surface area (Å²) in [6.07, 6.45) is 0.213. The molecule has 0 bridgehead atoms. The van der Waals surface area contributed by atoms with Crippen molar-refractivity contribution >= 4 is 10.0 Å². The summed E-state index contributed by atoms with van der Waals surface area (Å²) in [7, 11) is -1.81. The van der Waals surface area contributed by atoms with Crippen molar-refractivity contribution in [1.29, 1.82) is 5.26 Å². The van der Waals surface area contributed by atoms with E-state index in [0.717, 1.165) is 5.56 Å². The van der Waals surface area contributed by atoms with Crippen molar-refractivity contribution < 1.29 is 8.42 Å². The zero-order valence-electron chi connectivity index (χ0n) is 9.13. The molecule has 0 spiro atoms. The molecule has 0 aliphatic heterocycles. The van der Waals surface area contributed by atoms with Gasteiger partial charge in [-0.2, -0.15) is 5.26 Å². The van der Waals surface area contributed by atoms with Gasteiger partial charge in [0.15, 0.2) is 0 Å². The number of nitrogens with zero attached hydrogens (tertiary/aromatic N) is 2. The average molecular weight is 238 g/mol. The molecule has 0 unspecified atom stereocenters. The fourth-order valence-electron chi connectivity index (χ4n) is 1.24. The predicted molar refractivity (Wildman–Crippen MR) is 61.9 cm³/mol. The highest BCUT2D eigenvalue weighted by atomic mass is 32.2. The van der Waals surface area contributed by atoms with Gasteiger partial charge in [0.1, 0.15) is 0 Å². The molecule has 4 nitrogen and oxygen atoms in total. The van der Waals surface area contributed by atoms with Crippen molar-refractivity contribution in [1.82, 2.24) is 4.31 Å². The van der Waals surface area contributed by atoms with E-state index in [4.69, 9.17) is 5.26 Å². The van der Waals surface area contributed by atoms with Crippen LogP contribution in [0.5, 0.6) is 0 Å². The number of hydrogen-bond donors (Lipinski definition) is 0. The van der Waals surface area contributed by atoms with Gasteiger partial charge in [-0.3, -0.25) is 0 Å². The van der Waals surface area contributed by atoms with Crippen LogP contribution in [0.1, 0.15) is 12.0 Å². The van der Waals surface area contributed by atoms with Crippen LogP contribution in [0, 0.1) is 11.3 Å². The van der Waals surface area contributed by atoms with Gasteiger partial charge in [-0.15, -0.1) is 0 Å². The minimum atomic E-state index is -3.30. The molecule has 0 fully saturated rings. The predicted octanol–water partition coefficient (Wildman–Crippen LogP) is 1.36. The molecule has 0 aliphatic carbocycles. The van der Waals surface area contributed by atoms with Gasteiger partial charge in [-0.05, 0) is 5.56 Å². The average Bonchev–Trinajstić information content (AvgIpc) is 2.26. The van der Waals surface area contributed by atoms with Crippen molar-refractivity contribution in [2.24, 2.45) is 0 Å². The zero-order chi connectivity index (χ0) is 12.0. The number of nitriles is 1. The third kappa shape index (κ3) is 3.65. The molecule has 0 N–H and O–H groups in total. The smallest absolute Gasteiger partial charge is 0.212 e.